The third-order valence-corrected chi connectivity index (χ3v) is 6.30. The van der Waals surface area contributed by atoms with Gasteiger partial charge in [0.25, 0.3) is 5.91 Å². The van der Waals surface area contributed by atoms with Crippen LogP contribution in [0.2, 0.25) is 0 Å². The molecule has 2 atom stereocenters. The van der Waals surface area contributed by atoms with E-state index >= 15 is 0 Å². The molecule has 1 unspecified atom stereocenters. The lowest BCUT2D eigenvalue weighted by molar-refractivity contribution is -0.137. The number of pyridine rings is 1. The molecular formula is C26H25F3N2O. The Kier molecular flexibility index (Phi) is 5.80. The number of nitrogens with zero attached hydrogens (tertiary/aromatic N) is 1. The molecule has 0 saturated carbocycles. The van der Waals surface area contributed by atoms with E-state index in [4.69, 9.17) is 0 Å². The average Bonchev–Trinajstić information content (AvgIpc) is 2.88. The summed E-state index contributed by atoms with van der Waals surface area (Å²) in [5, 5.41) is 2.78. The highest BCUT2D eigenvalue weighted by atomic mass is 19.4. The second kappa shape index (κ2) is 8.41. The van der Waals surface area contributed by atoms with E-state index in [1.807, 2.05) is 31.2 Å². The van der Waals surface area contributed by atoms with Crippen LogP contribution in [0.5, 0.6) is 0 Å². The first-order valence-corrected chi connectivity index (χ1v) is 10.8. The number of fused-ring (bicyclic) bond motifs is 3. The Labute approximate surface area is 185 Å². The second-order valence-electron chi connectivity index (χ2n) is 8.37. The largest absolute Gasteiger partial charge is 0.416 e. The highest BCUT2D eigenvalue weighted by molar-refractivity contribution is 5.95. The number of hydrogen-bond donors (Lipinski definition) is 1. The molecule has 1 aromatic heterocycles. The van der Waals surface area contributed by atoms with E-state index in [2.05, 4.69) is 30.2 Å². The minimum Gasteiger partial charge on any atom is -0.351 e. The summed E-state index contributed by atoms with van der Waals surface area (Å²) in [6, 6.07) is 15.0. The van der Waals surface area contributed by atoms with Gasteiger partial charge in [0.1, 0.15) is 5.69 Å². The summed E-state index contributed by atoms with van der Waals surface area (Å²) in [5.74, 6) is 0.279. The number of benzene rings is 2. The van der Waals surface area contributed by atoms with Crippen LogP contribution in [0.3, 0.4) is 0 Å². The fraction of sp³-hybridized carbons (Fsp3) is 0.308. The van der Waals surface area contributed by atoms with Gasteiger partial charge in [0, 0.05) is 12.1 Å². The van der Waals surface area contributed by atoms with Crippen LogP contribution in [-0.4, -0.2) is 17.4 Å². The molecule has 0 spiro atoms. The van der Waals surface area contributed by atoms with Crippen LogP contribution in [0.1, 0.15) is 53.9 Å². The first-order valence-electron chi connectivity index (χ1n) is 10.8. The topological polar surface area (TPSA) is 42.0 Å². The third kappa shape index (κ3) is 4.01. The first kappa shape index (κ1) is 22.1. The molecule has 1 heterocycles. The molecule has 4 rings (SSSR count). The zero-order chi connectivity index (χ0) is 23.0. The van der Waals surface area contributed by atoms with Crippen LogP contribution in [0, 0.1) is 5.92 Å². The summed E-state index contributed by atoms with van der Waals surface area (Å²) in [6.07, 6.45) is -3.70. The van der Waals surface area contributed by atoms with Gasteiger partial charge in [0.05, 0.1) is 11.3 Å². The van der Waals surface area contributed by atoms with Gasteiger partial charge in [-0.15, -0.1) is 0 Å². The van der Waals surface area contributed by atoms with E-state index in [-0.39, 0.29) is 17.5 Å². The number of rotatable bonds is 3. The van der Waals surface area contributed by atoms with Crippen LogP contribution in [0.15, 0.2) is 54.6 Å². The number of carbonyl (C=O) groups excluding carboxylic acids is 1. The zero-order valence-electron chi connectivity index (χ0n) is 18.3. The molecule has 3 nitrogen and oxygen atoms in total. The maximum absolute atomic E-state index is 13.1. The van der Waals surface area contributed by atoms with E-state index in [0.717, 1.165) is 28.8 Å². The number of carbonyl (C=O) groups is 1. The summed E-state index contributed by atoms with van der Waals surface area (Å²) in [7, 11) is 0. The minimum atomic E-state index is -4.41. The molecule has 6 heteroatoms. The molecule has 1 aliphatic rings. The van der Waals surface area contributed by atoms with E-state index in [1.54, 1.807) is 0 Å². The Bertz CT molecular complexity index is 1150. The Balaban J connectivity index is 1.97. The van der Waals surface area contributed by atoms with Gasteiger partial charge in [-0.2, -0.15) is 13.2 Å². The summed E-state index contributed by atoms with van der Waals surface area (Å²) in [4.78, 5) is 17.4. The molecule has 166 valence electrons. The van der Waals surface area contributed by atoms with Crippen LogP contribution < -0.4 is 5.32 Å². The molecule has 1 N–H and O–H groups in total. The fourth-order valence-corrected chi connectivity index (χ4v) is 4.39. The Morgan fingerprint density at radius 2 is 1.75 bits per heavy atom. The second-order valence-corrected chi connectivity index (χ2v) is 8.37. The van der Waals surface area contributed by atoms with Crippen LogP contribution in [0.25, 0.3) is 22.4 Å². The van der Waals surface area contributed by atoms with Crippen molar-refractivity contribution in [2.24, 2.45) is 5.92 Å². The number of aromatic nitrogens is 1. The molecule has 2 aromatic carbocycles. The Hall–Kier alpha value is -3.15. The highest BCUT2D eigenvalue weighted by Crippen LogP contribution is 2.44. The molecule has 3 aromatic rings. The van der Waals surface area contributed by atoms with Gasteiger partial charge in [-0.3, -0.25) is 4.79 Å². The summed E-state index contributed by atoms with van der Waals surface area (Å²) in [5.41, 5.74) is 4.81. The number of nitrogens with one attached hydrogen (secondary N) is 1. The van der Waals surface area contributed by atoms with Crippen LogP contribution in [0.4, 0.5) is 13.2 Å². The Morgan fingerprint density at radius 1 is 1.06 bits per heavy atom. The van der Waals surface area contributed by atoms with Crippen molar-refractivity contribution in [3.63, 3.8) is 0 Å². The van der Waals surface area contributed by atoms with E-state index in [1.165, 1.54) is 17.7 Å². The predicted octanol–water partition coefficient (Wildman–Crippen LogP) is 6.48. The molecule has 1 amide bonds. The fourth-order valence-electron chi connectivity index (χ4n) is 4.39. The van der Waals surface area contributed by atoms with E-state index < -0.39 is 11.7 Å². The van der Waals surface area contributed by atoms with Crippen molar-refractivity contribution in [2.75, 3.05) is 6.54 Å². The molecule has 0 saturated heterocycles. The van der Waals surface area contributed by atoms with Gasteiger partial charge in [-0.05, 0) is 65.6 Å². The van der Waals surface area contributed by atoms with Crippen molar-refractivity contribution < 1.29 is 18.0 Å². The van der Waals surface area contributed by atoms with E-state index in [9.17, 15) is 18.0 Å². The Morgan fingerprint density at radius 3 is 2.41 bits per heavy atom. The lowest BCUT2D eigenvalue weighted by Crippen LogP contribution is -2.24. The SMILES string of the molecule is CCNC(=O)c1cc2c(c(-c3ccc(C(F)(F)F)cc3)n1)CC(C)[C@H](C)c1ccccc1-2. The monoisotopic (exact) mass is 438 g/mol. The standard InChI is InChI=1S/C26H25F3N2O/c1-4-30-25(32)23-14-21-20-8-6-5-7-19(20)16(3)15(2)13-22(21)24(31-23)17-9-11-18(12-10-17)26(27,28)29/h5-12,14-16H,4,13H2,1-3H3,(H,30,32)/t15?,16-/m0/s1. The van der Waals surface area contributed by atoms with Crippen molar-refractivity contribution in [1.29, 1.82) is 0 Å². The molecule has 1 aliphatic carbocycles. The number of alkyl halides is 3. The summed E-state index contributed by atoms with van der Waals surface area (Å²) >= 11 is 0. The quantitative estimate of drug-likeness (QED) is 0.509. The normalized spacial score (nSPS) is 17.8. The molecule has 0 radical (unpaired) electrons. The third-order valence-electron chi connectivity index (χ3n) is 6.30. The first-order chi connectivity index (χ1) is 15.2. The smallest absolute Gasteiger partial charge is 0.351 e. The zero-order valence-corrected chi connectivity index (χ0v) is 18.3. The predicted molar refractivity (Wildman–Crippen MR) is 119 cm³/mol. The van der Waals surface area contributed by atoms with Crippen LogP contribution in [-0.2, 0) is 12.6 Å². The van der Waals surface area contributed by atoms with Gasteiger partial charge in [-0.25, -0.2) is 4.98 Å². The maximum Gasteiger partial charge on any atom is 0.416 e. The van der Waals surface area contributed by atoms with Crippen molar-refractivity contribution in [3.8, 4) is 22.4 Å². The van der Waals surface area contributed by atoms with Crippen molar-refractivity contribution in [1.82, 2.24) is 10.3 Å². The number of hydrogen-bond acceptors (Lipinski definition) is 2. The van der Waals surface area contributed by atoms with Gasteiger partial charge in [-0.1, -0.05) is 50.2 Å². The molecule has 0 fully saturated rings. The van der Waals surface area contributed by atoms with Crippen molar-refractivity contribution in [2.45, 2.75) is 39.3 Å². The van der Waals surface area contributed by atoms with Crippen LogP contribution >= 0.6 is 0 Å². The average molecular weight is 438 g/mol. The molecule has 0 bridgehead atoms. The highest BCUT2D eigenvalue weighted by Gasteiger charge is 2.31. The van der Waals surface area contributed by atoms with Gasteiger partial charge in [0.2, 0.25) is 0 Å². The summed E-state index contributed by atoms with van der Waals surface area (Å²) < 4.78 is 39.3. The minimum absolute atomic E-state index is 0.262. The van der Waals surface area contributed by atoms with Crippen molar-refractivity contribution >= 4 is 5.91 Å². The molecular weight excluding hydrogens is 413 g/mol. The van der Waals surface area contributed by atoms with Gasteiger partial charge in [0.15, 0.2) is 0 Å². The number of halogens is 3. The van der Waals surface area contributed by atoms with Crippen molar-refractivity contribution in [3.05, 3.63) is 77.0 Å². The van der Waals surface area contributed by atoms with E-state index in [0.29, 0.717) is 30.1 Å². The summed E-state index contributed by atoms with van der Waals surface area (Å²) in [6.45, 7) is 6.64. The maximum atomic E-state index is 13.1. The van der Waals surface area contributed by atoms with Gasteiger partial charge < -0.3 is 5.32 Å². The molecule has 32 heavy (non-hydrogen) atoms. The molecule has 0 aliphatic heterocycles. The lowest BCUT2D eigenvalue weighted by atomic mass is 9.86. The lowest BCUT2D eigenvalue weighted by Gasteiger charge is -2.19. The number of amides is 1. The van der Waals surface area contributed by atoms with Gasteiger partial charge >= 0.3 is 6.18 Å².